The summed E-state index contributed by atoms with van der Waals surface area (Å²) < 4.78 is 5.58. The Morgan fingerprint density at radius 2 is 2.13 bits per heavy atom. The number of benzene rings is 1. The summed E-state index contributed by atoms with van der Waals surface area (Å²) in [5.41, 5.74) is 1.22. The Morgan fingerprint density at radius 1 is 1.33 bits per heavy atom. The third kappa shape index (κ3) is 3.22. The van der Waals surface area contributed by atoms with Crippen molar-refractivity contribution in [2.24, 2.45) is 0 Å². The second-order valence-electron chi connectivity index (χ2n) is 4.09. The van der Waals surface area contributed by atoms with Gasteiger partial charge >= 0.3 is 0 Å². The molecule has 15 heavy (non-hydrogen) atoms. The standard InChI is InChI=1S/C13H17ClO/c14-13(11-5-2-1-3-6-11)9-8-12-7-4-10-15-12/h1-3,5-6,12-13H,4,7-10H2. The summed E-state index contributed by atoms with van der Waals surface area (Å²) in [6, 6.07) is 10.3. The average molecular weight is 225 g/mol. The number of halogens is 1. The van der Waals surface area contributed by atoms with Crippen LogP contribution in [0.3, 0.4) is 0 Å². The second-order valence-corrected chi connectivity index (χ2v) is 4.62. The number of hydrogen-bond acceptors (Lipinski definition) is 1. The Labute approximate surface area is 96.4 Å². The van der Waals surface area contributed by atoms with Crippen LogP contribution in [-0.2, 0) is 4.74 Å². The molecule has 82 valence electrons. The van der Waals surface area contributed by atoms with E-state index in [1.807, 2.05) is 18.2 Å². The first-order valence-corrected chi connectivity index (χ1v) is 6.10. The molecule has 1 aliphatic rings. The topological polar surface area (TPSA) is 9.23 Å². The summed E-state index contributed by atoms with van der Waals surface area (Å²) in [5.74, 6) is 0. The van der Waals surface area contributed by atoms with Crippen LogP contribution in [0.4, 0.5) is 0 Å². The van der Waals surface area contributed by atoms with Crippen molar-refractivity contribution in [1.29, 1.82) is 0 Å². The molecule has 1 saturated heterocycles. The van der Waals surface area contributed by atoms with Crippen molar-refractivity contribution in [3.05, 3.63) is 35.9 Å². The van der Waals surface area contributed by atoms with E-state index in [1.54, 1.807) is 0 Å². The van der Waals surface area contributed by atoms with E-state index in [2.05, 4.69) is 12.1 Å². The van der Waals surface area contributed by atoms with E-state index in [9.17, 15) is 0 Å². The van der Waals surface area contributed by atoms with Gasteiger partial charge in [0.25, 0.3) is 0 Å². The molecule has 0 saturated carbocycles. The highest BCUT2D eigenvalue weighted by atomic mass is 35.5. The van der Waals surface area contributed by atoms with Gasteiger partial charge in [-0.1, -0.05) is 30.3 Å². The van der Waals surface area contributed by atoms with Crippen LogP contribution in [0.1, 0.15) is 36.6 Å². The van der Waals surface area contributed by atoms with Gasteiger partial charge < -0.3 is 4.74 Å². The quantitative estimate of drug-likeness (QED) is 0.705. The van der Waals surface area contributed by atoms with Crippen molar-refractivity contribution in [2.75, 3.05) is 6.61 Å². The van der Waals surface area contributed by atoms with E-state index < -0.39 is 0 Å². The highest BCUT2D eigenvalue weighted by molar-refractivity contribution is 6.20. The molecule has 1 heterocycles. The van der Waals surface area contributed by atoms with E-state index in [0.717, 1.165) is 19.4 Å². The summed E-state index contributed by atoms with van der Waals surface area (Å²) in [6.07, 6.45) is 4.97. The molecule has 1 fully saturated rings. The van der Waals surface area contributed by atoms with E-state index in [1.165, 1.54) is 18.4 Å². The van der Waals surface area contributed by atoms with Crippen LogP contribution in [0, 0.1) is 0 Å². The molecule has 0 bridgehead atoms. The largest absolute Gasteiger partial charge is 0.378 e. The maximum atomic E-state index is 6.33. The van der Waals surface area contributed by atoms with E-state index in [0.29, 0.717) is 6.10 Å². The van der Waals surface area contributed by atoms with Crippen LogP contribution in [0.15, 0.2) is 30.3 Å². The van der Waals surface area contributed by atoms with Gasteiger partial charge in [0, 0.05) is 6.61 Å². The molecular formula is C13H17ClO. The van der Waals surface area contributed by atoms with Crippen molar-refractivity contribution in [3.8, 4) is 0 Å². The fraction of sp³-hybridized carbons (Fsp3) is 0.538. The molecule has 0 N–H and O–H groups in total. The number of hydrogen-bond donors (Lipinski definition) is 0. The van der Waals surface area contributed by atoms with Gasteiger partial charge in [0.15, 0.2) is 0 Å². The third-order valence-corrected chi connectivity index (χ3v) is 3.40. The third-order valence-electron chi connectivity index (χ3n) is 2.93. The highest BCUT2D eigenvalue weighted by Crippen LogP contribution is 2.28. The SMILES string of the molecule is ClC(CCC1CCCO1)c1ccccc1. The van der Waals surface area contributed by atoms with Crippen LogP contribution in [0.2, 0.25) is 0 Å². The normalized spacial score (nSPS) is 22.9. The monoisotopic (exact) mass is 224 g/mol. The number of alkyl halides is 1. The molecule has 0 spiro atoms. The lowest BCUT2D eigenvalue weighted by molar-refractivity contribution is 0.102. The highest BCUT2D eigenvalue weighted by Gasteiger charge is 2.17. The van der Waals surface area contributed by atoms with Crippen LogP contribution in [0.5, 0.6) is 0 Å². The summed E-state index contributed by atoms with van der Waals surface area (Å²) in [5, 5.41) is 0.135. The molecule has 2 unspecified atom stereocenters. The minimum atomic E-state index is 0.135. The molecule has 0 aromatic heterocycles. The maximum Gasteiger partial charge on any atom is 0.0586 e. The van der Waals surface area contributed by atoms with Crippen molar-refractivity contribution in [3.63, 3.8) is 0 Å². The molecule has 0 aliphatic carbocycles. The zero-order chi connectivity index (χ0) is 10.5. The molecular weight excluding hydrogens is 208 g/mol. The fourth-order valence-corrected chi connectivity index (χ4v) is 2.30. The molecule has 0 radical (unpaired) electrons. The van der Waals surface area contributed by atoms with Gasteiger partial charge in [0.05, 0.1) is 11.5 Å². The Bertz CT molecular complexity index is 280. The Balaban J connectivity index is 1.79. The molecule has 0 amide bonds. The van der Waals surface area contributed by atoms with E-state index >= 15 is 0 Å². The van der Waals surface area contributed by atoms with Gasteiger partial charge in [-0.05, 0) is 31.2 Å². The molecule has 1 aliphatic heterocycles. The first-order chi connectivity index (χ1) is 7.36. The van der Waals surface area contributed by atoms with Crippen molar-refractivity contribution < 1.29 is 4.74 Å². The molecule has 2 heteroatoms. The second kappa shape index (κ2) is 5.53. The summed E-state index contributed by atoms with van der Waals surface area (Å²) >= 11 is 6.33. The smallest absolute Gasteiger partial charge is 0.0586 e. The van der Waals surface area contributed by atoms with Crippen LogP contribution < -0.4 is 0 Å². The Hall–Kier alpha value is -0.530. The van der Waals surface area contributed by atoms with Crippen LogP contribution in [0.25, 0.3) is 0 Å². The van der Waals surface area contributed by atoms with Crippen LogP contribution >= 0.6 is 11.6 Å². The van der Waals surface area contributed by atoms with Gasteiger partial charge in [-0.3, -0.25) is 0 Å². The van der Waals surface area contributed by atoms with E-state index in [-0.39, 0.29) is 5.38 Å². The Morgan fingerprint density at radius 3 is 2.80 bits per heavy atom. The fourth-order valence-electron chi connectivity index (χ4n) is 2.03. The number of ether oxygens (including phenoxy) is 1. The van der Waals surface area contributed by atoms with Gasteiger partial charge in [-0.25, -0.2) is 0 Å². The van der Waals surface area contributed by atoms with Gasteiger partial charge in [-0.2, -0.15) is 0 Å². The minimum absolute atomic E-state index is 0.135. The van der Waals surface area contributed by atoms with Gasteiger partial charge in [-0.15, -0.1) is 11.6 Å². The van der Waals surface area contributed by atoms with E-state index in [4.69, 9.17) is 16.3 Å². The molecule has 2 rings (SSSR count). The lowest BCUT2D eigenvalue weighted by Crippen LogP contribution is -2.05. The lowest BCUT2D eigenvalue weighted by atomic mass is 10.0. The predicted molar refractivity (Wildman–Crippen MR) is 63.2 cm³/mol. The van der Waals surface area contributed by atoms with Crippen molar-refractivity contribution in [1.82, 2.24) is 0 Å². The first kappa shape index (κ1) is 11.0. The summed E-state index contributed by atoms with van der Waals surface area (Å²) in [6.45, 7) is 0.933. The summed E-state index contributed by atoms with van der Waals surface area (Å²) in [4.78, 5) is 0. The predicted octanol–water partition coefficient (Wildman–Crippen LogP) is 3.93. The molecule has 1 nitrogen and oxygen atoms in total. The Kier molecular flexibility index (Phi) is 4.04. The van der Waals surface area contributed by atoms with Crippen molar-refractivity contribution >= 4 is 11.6 Å². The van der Waals surface area contributed by atoms with Crippen molar-refractivity contribution in [2.45, 2.75) is 37.2 Å². The van der Waals surface area contributed by atoms with Gasteiger partial charge in [0.2, 0.25) is 0 Å². The minimum Gasteiger partial charge on any atom is -0.378 e. The molecule has 1 aromatic carbocycles. The molecule has 2 atom stereocenters. The first-order valence-electron chi connectivity index (χ1n) is 5.67. The van der Waals surface area contributed by atoms with Crippen LogP contribution in [-0.4, -0.2) is 12.7 Å². The number of rotatable bonds is 4. The molecule has 1 aromatic rings. The van der Waals surface area contributed by atoms with Gasteiger partial charge in [0.1, 0.15) is 0 Å². The zero-order valence-corrected chi connectivity index (χ0v) is 9.62. The zero-order valence-electron chi connectivity index (χ0n) is 8.86. The lowest BCUT2D eigenvalue weighted by Gasteiger charge is -2.13. The summed E-state index contributed by atoms with van der Waals surface area (Å²) in [7, 11) is 0. The average Bonchev–Trinajstić information content (AvgIpc) is 2.80. The maximum absolute atomic E-state index is 6.33.